The average Bonchev–Trinajstić information content (AvgIpc) is 2.49. The lowest BCUT2D eigenvalue weighted by molar-refractivity contribution is 0.0687. The molecule has 0 radical (unpaired) electrons. The van der Waals surface area contributed by atoms with Gasteiger partial charge in [0.1, 0.15) is 0 Å². The van der Waals surface area contributed by atoms with Crippen molar-refractivity contribution >= 4 is 5.84 Å². The number of piperazine rings is 1. The molecule has 6 nitrogen and oxygen atoms in total. The number of nitrogens with two attached hydrogens (primary N) is 1. The van der Waals surface area contributed by atoms with Crippen LogP contribution in [0, 0.1) is 0 Å². The summed E-state index contributed by atoms with van der Waals surface area (Å²) in [6, 6.07) is 0.0727. The zero-order chi connectivity index (χ0) is 14.8. The van der Waals surface area contributed by atoms with E-state index < -0.39 is 0 Å². The monoisotopic (exact) mass is 286 g/mol. The molecule has 1 unspecified atom stereocenters. The molecule has 1 saturated heterocycles. The molecule has 0 bridgehead atoms. The first kappa shape index (κ1) is 17.2. The van der Waals surface area contributed by atoms with Crippen molar-refractivity contribution in [2.75, 3.05) is 45.9 Å². The highest BCUT2D eigenvalue weighted by Crippen LogP contribution is 2.11. The van der Waals surface area contributed by atoms with Gasteiger partial charge in [-0.2, -0.15) is 0 Å². The van der Waals surface area contributed by atoms with Crippen molar-refractivity contribution in [2.24, 2.45) is 10.9 Å². The van der Waals surface area contributed by atoms with E-state index in [1.807, 2.05) is 0 Å². The second-order valence-corrected chi connectivity index (χ2v) is 5.32. The molecule has 0 aromatic heterocycles. The van der Waals surface area contributed by atoms with Gasteiger partial charge in [0.15, 0.2) is 5.84 Å². The van der Waals surface area contributed by atoms with Crippen molar-refractivity contribution in [1.29, 1.82) is 0 Å². The van der Waals surface area contributed by atoms with Gasteiger partial charge in [-0.25, -0.2) is 0 Å². The van der Waals surface area contributed by atoms with Crippen molar-refractivity contribution in [3.05, 3.63) is 0 Å². The van der Waals surface area contributed by atoms with Gasteiger partial charge >= 0.3 is 0 Å². The first-order valence-corrected chi connectivity index (χ1v) is 7.74. The molecule has 0 spiro atoms. The molecule has 1 aliphatic heterocycles. The Labute approximate surface area is 122 Å². The van der Waals surface area contributed by atoms with Crippen LogP contribution < -0.4 is 5.73 Å². The molecule has 0 aromatic carbocycles. The quantitative estimate of drug-likeness (QED) is 0.217. The number of rotatable bonds is 9. The van der Waals surface area contributed by atoms with Crippen LogP contribution in [0.15, 0.2) is 5.16 Å². The number of oxime groups is 1. The minimum absolute atomic E-state index is 0.0727. The van der Waals surface area contributed by atoms with Crippen molar-refractivity contribution in [3.8, 4) is 0 Å². The summed E-state index contributed by atoms with van der Waals surface area (Å²) < 4.78 is 5.53. The first-order valence-electron chi connectivity index (χ1n) is 7.74. The zero-order valence-electron chi connectivity index (χ0n) is 12.9. The SMILES string of the molecule is CCCOCCN1CCN(C(CCC)C(N)=NO)CC1. The molecule has 1 atom stereocenters. The Hall–Kier alpha value is -0.850. The van der Waals surface area contributed by atoms with Crippen LogP contribution in [-0.2, 0) is 4.74 Å². The summed E-state index contributed by atoms with van der Waals surface area (Å²) in [5.74, 6) is 0.339. The highest BCUT2D eigenvalue weighted by atomic mass is 16.5. The van der Waals surface area contributed by atoms with Gasteiger partial charge in [-0.3, -0.25) is 9.80 Å². The maximum atomic E-state index is 8.89. The molecule has 0 amide bonds. The number of amidine groups is 1. The normalized spacial score (nSPS) is 20.2. The van der Waals surface area contributed by atoms with E-state index in [1.165, 1.54) is 0 Å². The molecule has 1 rings (SSSR count). The molecule has 1 heterocycles. The van der Waals surface area contributed by atoms with E-state index in [4.69, 9.17) is 15.7 Å². The van der Waals surface area contributed by atoms with Crippen molar-refractivity contribution in [1.82, 2.24) is 9.80 Å². The summed E-state index contributed by atoms with van der Waals surface area (Å²) in [4.78, 5) is 4.74. The van der Waals surface area contributed by atoms with Crippen LogP contribution in [0.5, 0.6) is 0 Å². The van der Waals surface area contributed by atoms with Crippen LogP contribution >= 0.6 is 0 Å². The van der Waals surface area contributed by atoms with E-state index in [-0.39, 0.29) is 6.04 Å². The predicted octanol–water partition coefficient (Wildman–Crippen LogP) is 0.946. The largest absolute Gasteiger partial charge is 0.409 e. The standard InChI is InChI=1S/C14H30N4O2/c1-3-5-13(14(15)16-19)18-8-6-17(7-9-18)10-12-20-11-4-2/h13,19H,3-12H2,1-2H3,(H2,15,16). The molecule has 1 fully saturated rings. The van der Waals surface area contributed by atoms with Crippen LogP contribution in [0.3, 0.4) is 0 Å². The Balaban J connectivity index is 2.32. The lowest BCUT2D eigenvalue weighted by atomic mass is 10.1. The second kappa shape index (κ2) is 9.96. The minimum atomic E-state index is 0.0727. The fourth-order valence-electron chi connectivity index (χ4n) is 2.60. The molecule has 0 aromatic rings. The van der Waals surface area contributed by atoms with Gasteiger partial charge in [0.05, 0.1) is 12.6 Å². The fourth-order valence-corrected chi connectivity index (χ4v) is 2.60. The van der Waals surface area contributed by atoms with Gasteiger partial charge in [-0.05, 0) is 12.8 Å². The lowest BCUT2D eigenvalue weighted by Gasteiger charge is -2.38. The van der Waals surface area contributed by atoms with E-state index in [9.17, 15) is 0 Å². The maximum Gasteiger partial charge on any atom is 0.156 e. The highest BCUT2D eigenvalue weighted by Gasteiger charge is 2.25. The van der Waals surface area contributed by atoms with Gasteiger partial charge in [-0.15, -0.1) is 0 Å². The molecule has 0 saturated carbocycles. The van der Waals surface area contributed by atoms with Crippen LogP contribution in [0.2, 0.25) is 0 Å². The number of nitrogens with zero attached hydrogens (tertiary/aromatic N) is 3. The summed E-state index contributed by atoms with van der Waals surface area (Å²) in [6.07, 6.45) is 3.05. The predicted molar refractivity (Wildman–Crippen MR) is 81.2 cm³/mol. The molecule has 1 aliphatic rings. The minimum Gasteiger partial charge on any atom is -0.409 e. The van der Waals surface area contributed by atoms with Gasteiger partial charge in [-0.1, -0.05) is 25.4 Å². The van der Waals surface area contributed by atoms with Crippen LogP contribution in [0.1, 0.15) is 33.1 Å². The summed E-state index contributed by atoms with van der Waals surface area (Å²) in [7, 11) is 0. The average molecular weight is 286 g/mol. The van der Waals surface area contributed by atoms with Crippen LogP contribution in [-0.4, -0.2) is 72.8 Å². The third-order valence-electron chi connectivity index (χ3n) is 3.77. The number of hydrogen-bond donors (Lipinski definition) is 2. The molecular weight excluding hydrogens is 256 g/mol. The summed E-state index contributed by atoms with van der Waals surface area (Å²) in [5.41, 5.74) is 5.81. The highest BCUT2D eigenvalue weighted by molar-refractivity contribution is 5.85. The number of hydrogen-bond acceptors (Lipinski definition) is 5. The third kappa shape index (κ3) is 5.64. The smallest absolute Gasteiger partial charge is 0.156 e. The van der Waals surface area contributed by atoms with Gasteiger partial charge in [0.2, 0.25) is 0 Å². The van der Waals surface area contributed by atoms with Crippen LogP contribution in [0.4, 0.5) is 0 Å². The Morgan fingerprint density at radius 2 is 1.90 bits per heavy atom. The van der Waals surface area contributed by atoms with Crippen molar-refractivity contribution in [3.63, 3.8) is 0 Å². The van der Waals surface area contributed by atoms with Gasteiger partial charge in [0.25, 0.3) is 0 Å². The molecule has 118 valence electrons. The Morgan fingerprint density at radius 1 is 1.20 bits per heavy atom. The fraction of sp³-hybridized carbons (Fsp3) is 0.929. The van der Waals surface area contributed by atoms with E-state index in [0.29, 0.717) is 5.84 Å². The summed E-state index contributed by atoms with van der Waals surface area (Å²) in [6.45, 7) is 10.9. The Kier molecular flexibility index (Phi) is 8.57. The molecule has 6 heteroatoms. The first-order chi connectivity index (χ1) is 9.72. The molecule has 20 heavy (non-hydrogen) atoms. The van der Waals surface area contributed by atoms with Gasteiger partial charge < -0.3 is 15.7 Å². The second-order valence-electron chi connectivity index (χ2n) is 5.32. The van der Waals surface area contributed by atoms with E-state index in [1.54, 1.807) is 0 Å². The van der Waals surface area contributed by atoms with Crippen molar-refractivity contribution < 1.29 is 9.94 Å². The topological polar surface area (TPSA) is 74.3 Å². The van der Waals surface area contributed by atoms with E-state index >= 15 is 0 Å². The van der Waals surface area contributed by atoms with Crippen LogP contribution in [0.25, 0.3) is 0 Å². The number of ether oxygens (including phenoxy) is 1. The molecule has 0 aliphatic carbocycles. The Bertz CT molecular complexity index is 278. The van der Waals surface area contributed by atoms with E-state index in [0.717, 1.165) is 65.2 Å². The molecule has 3 N–H and O–H groups in total. The molecular formula is C14H30N4O2. The third-order valence-corrected chi connectivity index (χ3v) is 3.77. The maximum absolute atomic E-state index is 8.89. The summed E-state index contributed by atoms with van der Waals surface area (Å²) >= 11 is 0. The van der Waals surface area contributed by atoms with Crippen molar-refractivity contribution in [2.45, 2.75) is 39.2 Å². The zero-order valence-corrected chi connectivity index (χ0v) is 12.9. The van der Waals surface area contributed by atoms with E-state index in [2.05, 4.69) is 28.8 Å². The Morgan fingerprint density at radius 3 is 2.45 bits per heavy atom. The summed E-state index contributed by atoms with van der Waals surface area (Å²) in [5, 5.41) is 12.1. The van der Waals surface area contributed by atoms with Gasteiger partial charge in [0, 0.05) is 39.3 Å². The lowest BCUT2D eigenvalue weighted by Crippen LogP contribution is -2.54.